The monoisotopic (exact) mass is 493 g/mol. The fourth-order valence-corrected chi connectivity index (χ4v) is 6.05. The second-order valence-electron chi connectivity index (χ2n) is 10.8. The largest absolute Gasteiger partial charge is 0.411 e. The Kier molecular flexibility index (Phi) is 8.78. The number of piperidine rings is 1. The van der Waals surface area contributed by atoms with E-state index in [9.17, 15) is 14.4 Å². The number of benzene rings is 2. The number of rotatable bonds is 9. The maximum absolute atomic E-state index is 14.3. The summed E-state index contributed by atoms with van der Waals surface area (Å²) in [6, 6.07) is 11.0. The molecule has 2 aliphatic heterocycles. The lowest BCUT2D eigenvalue weighted by atomic mass is 9.84. The average Bonchev–Trinajstić information content (AvgIpc) is 3.36. The lowest BCUT2D eigenvalue weighted by Crippen LogP contribution is -2.46. The van der Waals surface area contributed by atoms with Crippen molar-refractivity contribution in [3.63, 3.8) is 0 Å². The van der Waals surface area contributed by atoms with Crippen LogP contribution in [0.5, 0.6) is 0 Å². The molecule has 2 aromatic carbocycles. The molecule has 0 saturated carbocycles. The summed E-state index contributed by atoms with van der Waals surface area (Å²) in [4.78, 5) is 17.6. The van der Waals surface area contributed by atoms with Crippen molar-refractivity contribution < 1.29 is 14.4 Å². The van der Waals surface area contributed by atoms with Crippen LogP contribution in [0, 0.1) is 31.5 Å². The highest BCUT2D eigenvalue weighted by Gasteiger charge is 2.34. The van der Waals surface area contributed by atoms with Crippen LogP contribution in [0.15, 0.2) is 41.6 Å². The van der Waals surface area contributed by atoms with Gasteiger partial charge in [0.2, 0.25) is 5.91 Å². The minimum Gasteiger partial charge on any atom is -0.411 e. The van der Waals surface area contributed by atoms with Crippen molar-refractivity contribution in [2.45, 2.75) is 65.7 Å². The second-order valence-corrected chi connectivity index (χ2v) is 10.8. The number of aryl methyl sites for hydroxylation is 2. The van der Waals surface area contributed by atoms with Crippen molar-refractivity contribution in [3.8, 4) is 0 Å². The summed E-state index contributed by atoms with van der Waals surface area (Å²) in [7, 11) is 0. The summed E-state index contributed by atoms with van der Waals surface area (Å²) in [5.41, 5.74) is 5.25. The van der Waals surface area contributed by atoms with Gasteiger partial charge < -0.3 is 15.0 Å². The molecule has 2 saturated heterocycles. The Bertz CT molecular complexity index is 1070. The van der Waals surface area contributed by atoms with Gasteiger partial charge in [0.25, 0.3) is 0 Å². The minimum atomic E-state index is -0.179. The van der Waals surface area contributed by atoms with Crippen LogP contribution in [-0.2, 0) is 11.2 Å². The molecule has 0 spiro atoms. The maximum Gasteiger partial charge on any atom is 0.229 e. The van der Waals surface area contributed by atoms with Crippen molar-refractivity contribution in [3.05, 3.63) is 64.5 Å². The first-order valence-corrected chi connectivity index (χ1v) is 13.5. The highest BCUT2D eigenvalue weighted by atomic mass is 19.1. The molecule has 2 fully saturated rings. The molecular formula is C30H40FN3O2. The molecule has 2 aromatic rings. The lowest BCUT2D eigenvalue weighted by Gasteiger charge is -2.38. The van der Waals surface area contributed by atoms with E-state index >= 15 is 0 Å². The molecule has 4 rings (SSSR count). The van der Waals surface area contributed by atoms with Gasteiger partial charge in [0.15, 0.2) is 0 Å². The Morgan fingerprint density at radius 2 is 1.81 bits per heavy atom. The first kappa shape index (κ1) is 26.3. The number of nitrogens with zero attached hydrogens (tertiary/aromatic N) is 3. The first-order valence-electron chi connectivity index (χ1n) is 13.5. The third-order valence-electron chi connectivity index (χ3n) is 7.83. The third-order valence-corrected chi connectivity index (χ3v) is 7.83. The summed E-state index contributed by atoms with van der Waals surface area (Å²) in [5.74, 6) is 0.0238. The smallest absolute Gasteiger partial charge is 0.229 e. The molecule has 2 heterocycles. The predicted molar refractivity (Wildman–Crippen MR) is 143 cm³/mol. The highest BCUT2D eigenvalue weighted by molar-refractivity contribution is 6.02. The number of carbonyl (C=O) groups excluding carboxylic acids is 1. The fourth-order valence-electron chi connectivity index (χ4n) is 6.05. The number of oxime groups is 1. The van der Waals surface area contributed by atoms with Gasteiger partial charge in [0.1, 0.15) is 5.82 Å². The van der Waals surface area contributed by atoms with Crippen molar-refractivity contribution in [1.82, 2.24) is 4.90 Å². The van der Waals surface area contributed by atoms with Gasteiger partial charge in [-0.2, -0.15) is 0 Å². The van der Waals surface area contributed by atoms with Gasteiger partial charge in [0, 0.05) is 18.2 Å². The van der Waals surface area contributed by atoms with Crippen LogP contribution in [-0.4, -0.2) is 47.9 Å². The second kappa shape index (κ2) is 12.0. The van der Waals surface area contributed by atoms with Crippen molar-refractivity contribution in [1.29, 1.82) is 0 Å². The SMILES string of the molecule is Cc1cc(/C(CCCCN2CCCC2)=N\O)cc(C)c1N1CC(Cc2ccccc2F)CC(C)C1=O. The number of carbonyl (C=O) groups is 1. The molecule has 5 nitrogen and oxygen atoms in total. The normalized spacial score (nSPS) is 21.4. The minimum absolute atomic E-state index is 0.112. The Labute approximate surface area is 215 Å². The van der Waals surface area contributed by atoms with E-state index < -0.39 is 0 Å². The number of likely N-dealkylation sites (tertiary alicyclic amines) is 1. The molecule has 2 atom stereocenters. The summed E-state index contributed by atoms with van der Waals surface area (Å²) in [5, 5.41) is 13.4. The third kappa shape index (κ3) is 6.15. The molecule has 36 heavy (non-hydrogen) atoms. The Morgan fingerprint density at radius 1 is 1.11 bits per heavy atom. The Morgan fingerprint density at radius 3 is 2.47 bits per heavy atom. The molecule has 194 valence electrons. The Hall–Kier alpha value is -2.73. The number of halogens is 1. The van der Waals surface area contributed by atoms with Crippen molar-refractivity contribution >= 4 is 17.3 Å². The van der Waals surface area contributed by atoms with E-state index in [4.69, 9.17) is 0 Å². The van der Waals surface area contributed by atoms with Crippen LogP contribution in [0.3, 0.4) is 0 Å². The van der Waals surface area contributed by atoms with Gasteiger partial charge in [-0.1, -0.05) is 30.3 Å². The molecule has 2 unspecified atom stereocenters. The Balaban J connectivity index is 1.46. The van der Waals surface area contributed by atoms with Crippen LogP contribution in [0.1, 0.15) is 67.7 Å². The maximum atomic E-state index is 14.3. The summed E-state index contributed by atoms with van der Waals surface area (Å²) in [6.45, 7) is 10.1. The molecule has 0 bridgehead atoms. The lowest BCUT2D eigenvalue weighted by molar-refractivity contribution is -0.124. The van der Waals surface area contributed by atoms with E-state index in [1.807, 2.05) is 49.9 Å². The van der Waals surface area contributed by atoms with E-state index in [2.05, 4.69) is 10.1 Å². The molecule has 0 aromatic heterocycles. The molecule has 1 amide bonds. The number of anilines is 1. The molecular weight excluding hydrogens is 453 g/mol. The van der Waals surface area contributed by atoms with E-state index in [0.717, 1.165) is 54.6 Å². The summed E-state index contributed by atoms with van der Waals surface area (Å²) < 4.78 is 14.3. The summed E-state index contributed by atoms with van der Waals surface area (Å²) >= 11 is 0. The van der Waals surface area contributed by atoms with Gasteiger partial charge in [-0.3, -0.25) is 4.79 Å². The van der Waals surface area contributed by atoms with E-state index in [1.165, 1.54) is 32.0 Å². The molecule has 0 aliphatic carbocycles. The zero-order valence-corrected chi connectivity index (χ0v) is 22.0. The van der Waals surface area contributed by atoms with E-state index in [1.54, 1.807) is 6.07 Å². The topological polar surface area (TPSA) is 56.1 Å². The number of hydrogen-bond acceptors (Lipinski definition) is 4. The van der Waals surface area contributed by atoms with Crippen LogP contribution >= 0.6 is 0 Å². The standard InChI is InChI=1S/C30H40FN3O2/c1-21-17-26(28(32-36)12-6-7-13-33-14-8-9-15-33)18-22(2)29(21)34-20-24(16-23(3)30(34)35)19-25-10-4-5-11-27(25)31/h4-5,10-11,17-18,23-24,36H,6-9,12-16,19-20H2,1-3H3/b32-28-. The van der Waals surface area contributed by atoms with Crippen molar-refractivity contribution in [2.75, 3.05) is 31.1 Å². The van der Waals surface area contributed by atoms with E-state index in [0.29, 0.717) is 24.2 Å². The van der Waals surface area contributed by atoms with Gasteiger partial charge in [-0.05, 0) is 125 Å². The zero-order chi connectivity index (χ0) is 25.7. The fraction of sp³-hybridized carbons (Fsp3) is 0.533. The molecule has 2 aliphatic rings. The van der Waals surface area contributed by atoms with Crippen LogP contribution in [0.4, 0.5) is 10.1 Å². The first-order chi connectivity index (χ1) is 17.4. The number of unbranched alkanes of at least 4 members (excludes halogenated alkanes) is 1. The highest BCUT2D eigenvalue weighted by Crippen LogP contribution is 2.35. The summed E-state index contributed by atoms with van der Waals surface area (Å²) in [6.07, 6.45) is 6.79. The van der Waals surface area contributed by atoms with Crippen LogP contribution in [0.2, 0.25) is 0 Å². The molecule has 1 N–H and O–H groups in total. The number of amides is 1. The van der Waals surface area contributed by atoms with Gasteiger partial charge in [0.05, 0.1) is 5.71 Å². The van der Waals surface area contributed by atoms with Crippen LogP contribution in [0.25, 0.3) is 0 Å². The molecule has 0 radical (unpaired) electrons. The predicted octanol–water partition coefficient (Wildman–Crippen LogP) is 6.12. The number of hydrogen-bond donors (Lipinski definition) is 1. The average molecular weight is 494 g/mol. The van der Waals surface area contributed by atoms with Gasteiger partial charge in [-0.15, -0.1) is 0 Å². The molecule has 6 heteroatoms. The van der Waals surface area contributed by atoms with Crippen LogP contribution < -0.4 is 4.90 Å². The quantitative estimate of drug-likeness (QED) is 0.198. The van der Waals surface area contributed by atoms with Gasteiger partial charge >= 0.3 is 0 Å². The van der Waals surface area contributed by atoms with Crippen molar-refractivity contribution in [2.24, 2.45) is 17.0 Å². The van der Waals surface area contributed by atoms with E-state index in [-0.39, 0.29) is 23.6 Å². The zero-order valence-electron chi connectivity index (χ0n) is 22.0. The van der Waals surface area contributed by atoms with Gasteiger partial charge in [-0.25, -0.2) is 4.39 Å².